The second-order valence-electron chi connectivity index (χ2n) is 26.3. The molecule has 100 heavy (non-hydrogen) atoms. The first-order chi connectivity index (χ1) is 48.7. The third-order valence-electron chi connectivity index (χ3n) is 16.6. The van der Waals surface area contributed by atoms with Crippen LogP contribution in [0.15, 0.2) is 97.2 Å². The van der Waals surface area contributed by atoms with E-state index in [0.717, 1.165) is 128 Å². The number of aliphatic hydroxyl groups excluding tert-OH is 1. The molecule has 0 radical (unpaired) electrons. The van der Waals surface area contributed by atoms with Crippen molar-refractivity contribution in [2.75, 3.05) is 39.6 Å². The molecule has 0 amide bonds. The van der Waals surface area contributed by atoms with Crippen LogP contribution in [0.4, 0.5) is 0 Å². The van der Waals surface area contributed by atoms with Crippen LogP contribution in [0, 0.1) is 0 Å². The lowest BCUT2D eigenvalue weighted by Gasteiger charge is -2.21. The maximum Gasteiger partial charge on any atom is 0.472 e. The van der Waals surface area contributed by atoms with Gasteiger partial charge in [0.15, 0.2) is 12.2 Å². The minimum Gasteiger partial charge on any atom is -0.462 e. The zero-order valence-corrected chi connectivity index (χ0v) is 64.9. The van der Waals surface area contributed by atoms with Gasteiger partial charge in [0.1, 0.15) is 19.3 Å². The number of unbranched alkanes of at least 4 members (excludes halogenated alkanes) is 32. The van der Waals surface area contributed by atoms with Crippen molar-refractivity contribution in [3.63, 3.8) is 0 Å². The van der Waals surface area contributed by atoms with E-state index in [0.29, 0.717) is 32.1 Å². The quantitative estimate of drug-likeness (QED) is 0.0169. The number of ether oxygens (including phenoxy) is 4. The van der Waals surface area contributed by atoms with Gasteiger partial charge >= 0.3 is 39.5 Å². The van der Waals surface area contributed by atoms with Gasteiger partial charge in [0.05, 0.1) is 26.4 Å². The molecular weight excluding hydrogens is 1310 g/mol. The average Bonchev–Trinajstić information content (AvgIpc) is 0.935. The highest BCUT2D eigenvalue weighted by atomic mass is 31.2. The van der Waals surface area contributed by atoms with Crippen molar-refractivity contribution < 1.29 is 80.2 Å². The number of carbonyl (C=O) groups is 4. The maximum atomic E-state index is 13.1. The first-order valence-corrected chi connectivity index (χ1v) is 42.5. The van der Waals surface area contributed by atoms with Gasteiger partial charge in [-0.2, -0.15) is 0 Å². The monoisotopic (exact) mass is 1450 g/mol. The predicted molar refractivity (Wildman–Crippen MR) is 409 cm³/mol. The van der Waals surface area contributed by atoms with Gasteiger partial charge in [-0.1, -0.05) is 311 Å². The molecule has 0 aromatic heterocycles. The Morgan fingerprint density at radius 3 is 0.880 bits per heavy atom. The standard InChI is InChI=1S/C81H142O17P2/c1-5-9-13-17-21-25-29-33-35-36-37-38-40-44-46-50-54-58-62-66-79(84)92-72-77(98-81(86)68-64-60-56-52-48-42-32-28-24-20-16-12-8-4)74-96-100(89,90)94-70-75(82)69-93-99(87,88)95-73-76(97-80(85)67-63-59-55-51-47-41-31-27-23-19-15-11-7-3)71-91-78(83)65-61-57-53-49-45-43-39-34-30-26-22-18-14-10-6-2/h9,13,21-22,25-26,33-35,37-39,44,46,54,58,75-77,82H,5-8,10-12,14-20,23-24,27-32,36,40-43,45,47-53,55-57,59-74H2,1-4H3,(H,87,88)(H,89,90)/b13-9-,25-21-,26-22-,35-33-,38-37-,39-34-,46-44-,58-54-. The van der Waals surface area contributed by atoms with Crippen LogP contribution in [-0.2, 0) is 65.4 Å². The fourth-order valence-electron chi connectivity index (χ4n) is 10.6. The number of hydrogen-bond acceptors (Lipinski definition) is 15. The summed E-state index contributed by atoms with van der Waals surface area (Å²) in [5.74, 6) is -2.27. The first kappa shape index (κ1) is 96.0. The minimum atomic E-state index is -4.99. The van der Waals surface area contributed by atoms with Crippen LogP contribution in [-0.4, -0.2) is 96.7 Å². The molecule has 5 unspecified atom stereocenters. The number of phosphoric acid groups is 2. The van der Waals surface area contributed by atoms with E-state index in [1.165, 1.54) is 122 Å². The fraction of sp³-hybridized carbons (Fsp3) is 0.753. The Labute approximate surface area is 607 Å². The Morgan fingerprint density at radius 1 is 0.290 bits per heavy atom. The van der Waals surface area contributed by atoms with E-state index in [1.807, 2.05) is 18.2 Å². The molecule has 0 spiro atoms. The molecule has 0 aromatic carbocycles. The lowest BCUT2D eigenvalue weighted by atomic mass is 10.0. The number of esters is 4. The predicted octanol–water partition coefficient (Wildman–Crippen LogP) is 22.8. The van der Waals surface area contributed by atoms with Crippen molar-refractivity contribution >= 4 is 39.5 Å². The molecule has 0 heterocycles. The summed E-state index contributed by atoms with van der Waals surface area (Å²) in [5, 5.41) is 10.6. The largest absolute Gasteiger partial charge is 0.472 e. The molecule has 578 valence electrons. The van der Waals surface area contributed by atoms with E-state index in [9.17, 15) is 43.2 Å². The van der Waals surface area contributed by atoms with E-state index >= 15 is 0 Å². The lowest BCUT2D eigenvalue weighted by molar-refractivity contribution is -0.161. The number of carbonyl (C=O) groups excluding carboxylic acids is 4. The third kappa shape index (κ3) is 72.3. The molecule has 5 atom stereocenters. The summed E-state index contributed by atoms with van der Waals surface area (Å²) in [6.07, 6.45) is 76.9. The van der Waals surface area contributed by atoms with Crippen LogP contribution in [0.1, 0.15) is 336 Å². The molecule has 0 aliphatic carbocycles. The maximum absolute atomic E-state index is 13.1. The topological polar surface area (TPSA) is 237 Å². The molecule has 0 fully saturated rings. The molecule has 0 aliphatic heterocycles. The summed E-state index contributed by atoms with van der Waals surface area (Å²) >= 11 is 0. The van der Waals surface area contributed by atoms with Crippen LogP contribution in [0.3, 0.4) is 0 Å². The molecule has 19 heteroatoms. The van der Waals surface area contributed by atoms with Gasteiger partial charge in [-0.25, -0.2) is 9.13 Å². The van der Waals surface area contributed by atoms with Crippen LogP contribution >= 0.6 is 15.6 Å². The minimum absolute atomic E-state index is 0.0381. The number of allylic oxidation sites excluding steroid dienone is 16. The van der Waals surface area contributed by atoms with Crippen LogP contribution < -0.4 is 0 Å². The van der Waals surface area contributed by atoms with E-state index in [-0.39, 0.29) is 25.7 Å². The molecule has 0 bridgehead atoms. The van der Waals surface area contributed by atoms with Crippen molar-refractivity contribution in [1.82, 2.24) is 0 Å². The highest BCUT2D eigenvalue weighted by Crippen LogP contribution is 2.45. The molecule has 3 N–H and O–H groups in total. The number of phosphoric ester groups is 2. The van der Waals surface area contributed by atoms with Gasteiger partial charge in [0, 0.05) is 25.7 Å². The first-order valence-electron chi connectivity index (χ1n) is 39.5. The van der Waals surface area contributed by atoms with Crippen LogP contribution in [0.25, 0.3) is 0 Å². The van der Waals surface area contributed by atoms with Crippen molar-refractivity contribution in [3.8, 4) is 0 Å². The van der Waals surface area contributed by atoms with Crippen LogP contribution in [0.5, 0.6) is 0 Å². The van der Waals surface area contributed by atoms with Gasteiger partial charge in [0.2, 0.25) is 0 Å². The van der Waals surface area contributed by atoms with E-state index in [2.05, 4.69) is 107 Å². The van der Waals surface area contributed by atoms with Crippen LogP contribution in [0.2, 0.25) is 0 Å². The Hall–Kier alpha value is -4.02. The smallest absolute Gasteiger partial charge is 0.462 e. The summed E-state index contributed by atoms with van der Waals surface area (Å²) in [5.41, 5.74) is 0. The zero-order valence-electron chi connectivity index (χ0n) is 63.1. The summed E-state index contributed by atoms with van der Waals surface area (Å²) in [6.45, 7) is 4.67. The van der Waals surface area contributed by atoms with Crippen molar-refractivity contribution in [2.24, 2.45) is 0 Å². The Bertz CT molecular complexity index is 2270. The van der Waals surface area contributed by atoms with Gasteiger partial charge in [-0.15, -0.1) is 0 Å². The fourth-order valence-corrected chi connectivity index (χ4v) is 12.2. The summed E-state index contributed by atoms with van der Waals surface area (Å²) in [4.78, 5) is 72.9. The van der Waals surface area contributed by atoms with Gasteiger partial charge in [-0.3, -0.25) is 37.3 Å². The average molecular weight is 1450 g/mol. The Kier molecular flexibility index (Phi) is 70.4. The highest BCUT2D eigenvalue weighted by Gasteiger charge is 2.30. The van der Waals surface area contributed by atoms with Gasteiger partial charge < -0.3 is 33.8 Å². The normalized spacial score (nSPS) is 14.4. The molecule has 0 aliphatic rings. The molecular formula is C81H142O17P2. The summed E-state index contributed by atoms with van der Waals surface area (Å²) in [7, 11) is -9.96. The molecule has 0 saturated heterocycles. The molecule has 17 nitrogen and oxygen atoms in total. The van der Waals surface area contributed by atoms with E-state index in [4.69, 9.17) is 37.0 Å². The SMILES string of the molecule is CC/C=C\C/C=C\C/C=C\C/C=C\C/C=C\C/C=C\CCC(=O)OCC(COP(=O)(O)OCC(O)COP(=O)(O)OCC(COC(=O)CCCCCCC/C=C\C/C=C\CCCCC)OC(=O)CCCCCCCCCCCCCCC)OC(=O)CCCCCCCCCCCCCCC. The number of hydrogen-bond donors (Lipinski definition) is 3. The number of rotatable bonds is 74. The highest BCUT2D eigenvalue weighted by molar-refractivity contribution is 7.47. The van der Waals surface area contributed by atoms with Crippen molar-refractivity contribution in [2.45, 2.75) is 354 Å². The zero-order chi connectivity index (χ0) is 73.2. The molecule has 0 saturated carbocycles. The second-order valence-corrected chi connectivity index (χ2v) is 29.2. The summed E-state index contributed by atoms with van der Waals surface area (Å²) < 4.78 is 68.5. The Balaban J connectivity index is 5.38. The molecule has 0 rings (SSSR count). The number of aliphatic hydroxyl groups is 1. The van der Waals surface area contributed by atoms with Gasteiger partial charge in [-0.05, 0) is 96.3 Å². The van der Waals surface area contributed by atoms with Crippen molar-refractivity contribution in [3.05, 3.63) is 97.2 Å². The van der Waals surface area contributed by atoms with E-state index in [1.54, 1.807) is 0 Å². The third-order valence-corrected chi connectivity index (χ3v) is 18.5. The second kappa shape index (κ2) is 73.3. The van der Waals surface area contributed by atoms with Gasteiger partial charge in [0.25, 0.3) is 0 Å². The van der Waals surface area contributed by atoms with Crippen molar-refractivity contribution in [1.29, 1.82) is 0 Å². The lowest BCUT2D eigenvalue weighted by Crippen LogP contribution is -2.30. The molecule has 0 aromatic rings. The Morgan fingerprint density at radius 2 is 0.540 bits per heavy atom. The van der Waals surface area contributed by atoms with E-state index < -0.39 is 97.5 Å². The summed E-state index contributed by atoms with van der Waals surface area (Å²) in [6, 6.07) is 0.